The summed E-state index contributed by atoms with van der Waals surface area (Å²) in [7, 11) is 0. The van der Waals surface area contributed by atoms with E-state index in [1.54, 1.807) is 0 Å². The third-order valence-electron chi connectivity index (χ3n) is 4.48. The highest BCUT2D eigenvalue weighted by Gasteiger charge is 2.21. The van der Waals surface area contributed by atoms with Crippen molar-refractivity contribution in [3.05, 3.63) is 60.2 Å². The maximum atomic E-state index is 6.25. The first-order valence-corrected chi connectivity index (χ1v) is 7.85. The van der Waals surface area contributed by atoms with Crippen LogP contribution in [0.3, 0.4) is 0 Å². The van der Waals surface area contributed by atoms with Gasteiger partial charge in [-0.15, -0.1) is 12.4 Å². The van der Waals surface area contributed by atoms with Crippen molar-refractivity contribution in [1.82, 2.24) is 0 Å². The zero-order chi connectivity index (χ0) is 15.1. The molecule has 2 nitrogen and oxygen atoms in total. The third kappa shape index (κ3) is 2.58. The fourth-order valence-corrected chi connectivity index (χ4v) is 3.22. The summed E-state index contributed by atoms with van der Waals surface area (Å²) in [6.07, 6.45) is 1.82. The summed E-state index contributed by atoms with van der Waals surface area (Å²) in [5.41, 5.74) is 9.57. The summed E-state index contributed by atoms with van der Waals surface area (Å²) < 4.78 is 6.25. The quantitative estimate of drug-likeness (QED) is 0.548. The van der Waals surface area contributed by atoms with Crippen LogP contribution in [-0.4, -0.2) is 6.04 Å². The van der Waals surface area contributed by atoms with Crippen LogP contribution < -0.4 is 5.73 Å². The molecule has 2 N–H and O–H groups in total. The molecule has 0 spiro atoms. The highest BCUT2D eigenvalue weighted by atomic mass is 35.5. The summed E-state index contributed by atoms with van der Waals surface area (Å²) in [5, 5.41) is 3.66. The second-order valence-corrected chi connectivity index (χ2v) is 5.92. The molecule has 0 bridgehead atoms. The third-order valence-corrected chi connectivity index (χ3v) is 4.48. The van der Waals surface area contributed by atoms with E-state index in [4.69, 9.17) is 10.2 Å². The first-order valence-electron chi connectivity index (χ1n) is 7.85. The van der Waals surface area contributed by atoms with Crippen molar-refractivity contribution >= 4 is 34.1 Å². The number of nitrogens with two attached hydrogens (primary N) is 1. The van der Waals surface area contributed by atoms with Gasteiger partial charge in [-0.1, -0.05) is 49.4 Å². The van der Waals surface area contributed by atoms with Crippen molar-refractivity contribution in [2.24, 2.45) is 5.73 Å². The fourth-order valence-electron chi connectivity index (χ4n) is 3.22. The Morgan fingerprint density at radius 1 is 1.00 bits per heavy atom. The summed E-state index contributed by atoms with van der Waals surface area (Å²) in [6, 6.07) is 19.1. The van der Waals surface area contributed by atoms with Crippen LogP contribution in [0.5, 0.6) is 0 Å². The van der Waals surface area contributed by atoms with E-state index in [1.807, 2.05) is 18.2 Å². The molecule has 1 unspecified atom stereocenters. The Morgan fingerprint density at radius 2 is 1.70 bits per heavy atom. The van der Waals surface area contributed by atoms with Gasteiger partial charge in [0.2, 0.25) is 0 Å². The van der Waals surface area contributed by atoms with Crippen molar-refractivity contribution in [1.29, 1.82) is 0 Å². The molecule has 2 aliphatic rings. The number of hydrogen-bond donors (Lipinski definition) is 1. The largest absolute Gasteiger partial charge is 0.456 e. The highest BCUT2D eigenvalue weighted by molar-refractivity contribution is 6.06. The molecular formula is C20H20ClNO. The number of fused-ring (bicyclic) bond motifs is 4. The maximum absolute atomic E-state index is 6.25. The van der Waals surface area contributed by atoms with Crippen molar-refractivity contribution in [3.8, 4) is 11.3 Å². The van der Waals surface area contributed by atoms with Crippen LogP contribution in [0.25, 0.3) is 33.1 Å². The molecule has 1 aliphatic carbocycles. The van der Waals surface area contributed by atoms with Gasteiger partial charge in [-0.25, -0.2) is 0 Å². The predicted molar refractivity (Wildman–Crippen MR) is 99.6 cm³/mol. The molecule has 4 rings (SSSR count). The van der Waals surface area contributed by atoms with E-state index in [9.17, 15) is 0 Å². The van der Waals surface area contributed by atoms with Gasteiger partial charge >= 0.3 is 0 Å². The number of benzene rings is 2. The monoisotopic (exact) mass is 325 g/mol. The van der Waals surface area contributed by atoms with E-state index in [-0.39, 0.29) is 18.4 Å². The standard InChI is InChI=1S/C20H19NO.ClH/c1-2-14(21)12-18-16-9-5-4-8-15(16)17-11-13-7-3-6-10-19(13)22-20(17)18;/h3-11,14H,2,12,21H2,1H3;1H. The summed E-state index contributed by atoms with van der Waals surface area (Å²) in [6.45, 7) is 2.13. The lowest BCUT2D eigenvalue weighted by atomic mass is 10.0. The van der Waals surface area contributed by atoms with E-state index >= 15 is 0 Å². The molecule has 1 atom stereocenters. The Bertz CT molecular complexity index is 927. The lowest BCUT2D eigenvalue weighted by Gasteiger charge is -2.10. The van der Waals surface area contributed by atoms with Crippen LogP contribution in [0, 0.1) is 0 Å². The molecule has 3 heteroatoms. The van der Waals surface area contributed by atoms with E-state index in [0.717, 1.165) is 29.6 Å². The molecule has 0 amide bonds. The van der Waals surface area contributed by atoms with Crippen LogP contribution in [0.2, 0.25) is 0 Å². The topological polar surface area (TPSA) is 39.2 Å². The first-order chi connectivity index (χ1) is 10.8. The predicted octanol–water partition coefficient (Wildman–Crippen LogP) is 5.39. The lowest BCUT2D eigenvalue weighted by molar-refractivity contribution is 0.597. The molecule has 1 heterocycles. The zero-order valence-electron chi connectivity index (χ0n) is 13.1. The van der Waals surface area contributed by atoms with E-state index in [1.165, 1.54) is 21.9 Å². The van der Waals surface area contributed by atoms with E-state index in [2.05, 4.69) is 43.3 Å². The summed E-state index contributed by atoms with van der Waals surface area (Å²) in [5.74, 6) is 0.990. The molecule has 0 fully saturated rings. The molecule has 118 valence electrons. The lowest BCUT2D eigenvalue weighted by Crippen LogP contribution is -2.21. The van der Waals surface area contributed by atoms with Crippen LogP contribution in [0.15, 0.2) is 59.0 Å². The van der Waals surface area contributed by atoms with Gasteiger partial charge in [-0.3, -0.25) is 0 Å². The van der Waals surface area contributed by atoms with Gasteiger partial charge < -0.3 is 10.2 Å². The van der Waals surface area contributed by atoms with Crippen molar-refractivity contribution in [2.45, 2.75) is 25.8 Å². The van der Waals surface area contributed by atoms with Crippen molar-refractivity contribution < 1.29 is 4.42 Å². The Morgan fingerprint density at radius 3 is 2.48 bits per heavy atom. The summed E-state index contributed by atoms with van der Waals surface area (Å²) >= 11 is 0. The molecule has 0 radical (unpaired) electrons. The van der Waals surface area contributed by atoms with Crippen LogP contribution >= 0.6 is 12.4 Å². The number of rotatable bonds is 3. The van der Waals surface area contributed by atoms with Crippen LogP contribution in [0.4, 0.5) is 0 Å². The smallest absolute Gasteiger partial charge is 0.139 e. The van der Waals surface area contributed by atoms with Gasteiger partial charge in [-0.2, -0.15) is 0 Å². The normalized spacial score (nSPS) is 12.6. The second kappa shape index (κ2) is 6.23. The Labute approximate surface area is 142 Å². The van der Waals surface area contributed by atoms with Gasteiger partial charge in [0.25, 0.3) is 0 Å². The fraction of sp³-hybridized carbons (Fsp3) is 0.200. The van der Waals surface area contributed by atoms with Gasteiger partial charge in [0.15, 0.2) is 0 Å². The Hall–Kier alpha value is -2.03. The molecule has 23 heavy (non-hydrogen) atoms. The van der Waals surface area contributed by atoms with E-state index in [0.29, 0.717) is 0 Å². The molecule has 2 aromatic carbocycles. The van der Waals surface area contributed by atoms with E-state index < -0.39 is 0 Å². The average molecular weight is 326 g/mol. The zero-order valence-corrected chi connectivity index (χ0v) is 13.9. The molecule has 0 aromatic heterocycles. The second-order valence-electron chi connectivity index (χ2n) is 5.92. The molecular weight excluding hydrogens is 306 g/mol. The molecule has 0 saturated heterocycles. The first kappa shape index (κ1) is 15.9. The van der Waals surface area contributed by atoms with Crippen LogP contribution in [0.1, 0.15) is 18.9 Å². The number of halogens is 1. The molecule has 1 aliphatic heterocycles. The minimum atomic E-state index is 0. The van der Waals surface area contributed by atoms with Crippen molar-refractivity contribution in [2.75, 3.05) is 0 Å². The Balaban J connectivity index is 0.00000156. The molecule has 2 aromatic rings. The van der Waals surface area contributed by atoms with Crippen LogP contribution in [-0.2, 0) is 6.42 Å². The highest BCUT2D eigenvalue weighted by Crippen LogP contribution is 2.41. The molecule has 0 saturated carbocycles. The Kier molecular flexibility index (Phi) is 4.29. The average Bonchev–Trinajstić information content (AvgIpc) is 2.86. The number of para-hydroxylation sites is 1. The van der Waals surface area contributed by atoms with Gasteiger partial charge in [0.05, 0.1) is 0 Å². The minimum Gasteiger partial charge on any atom is -0.456 e. The van der Waals surface area contributed by atoms with Gasteiger partial charge in [-0.05, 0) is 35.7 Å². The minimum absolute atomic E-state index is 0. The maximum Gasteiger partial charge on any atom is 0.139 e. The van der Waals surface area contributed by atoms with Gasteiger partial charge in [0, 0.05) is 22.6 Å². The SMILES string of the molecule is CCC(N)Cc1c2oc3ccccc3cc-2c2ccccc12.Cl. The number of hydrogen-bond acceptors (Lipinski definition) is 2. The van der Waals surface area contributed by atoms with Gasteiger partial charge in [0.1, 0.15) is 11.3 Å². The van der Waals surface area contributed by atoms with Crippen molar-refractivity contribution in [3.63, 3.8) is 0 Å². The summed E-state index contributed by atoms with van der Waals surface area (Å²) in [4.78, 5) is 0.